The van der Waals surface area contributed by atoms with E-state index >= 15 is 0 Å². The fourth-order valence-electron chi connectivity index (χ4n) is 2.60. The Balaban J connectivity index is 2.00. The van der Waals surface area contributed by atoms with E-state index in [1.54, 1.807) is 0 Å². The lowest BCUT2D eigenvalue weighted by molar-refractivity contribution is -0.158. The highest BCUT2D eigenvalue weighted by Crippen LogP contribution is 2.32. The number of hydrogen-bond acceptors (Lipinski definition) is 4. The van der Waals surface area contributed by atoms with Gasteiger partial charge in [0.15, 0.2) is 6.10 Å². The number of rotatable bonds is 3. The van der Waals surface area contributed by atoms with Crippen molar-refractivity contribution in [1.82, 2.24) is 5.32 Å². The molecular formula is C13H21NO5. The molecule has 0 aromatic heterocycles. The van der Waals surface area contributed by atoms with Gasteiger partial charge in [-0.3, -0.25) is 4.79 Å². The number of hydrogen-bond donors (Lipinski definition) is 2. The number of ether oxygens (including phenoxy) is 2. The molecule has 2 rings (SSSR count). The van der Waals surface area contributed by atoms with Crippen LogP contribution in [0.3, 0.4) is 0 Å². The molecule has 1 aliphatic heterocycles. The van der Waals surface area contributed by atoms with E-state index in [1.165, 1.54) is 0 Å². The van der Waals surface area contributed by atoms with Gasteiger partial charge in [0.1, 0.15) is 5.54 Å². The van der Waals surface area contributed by atoms with Crippen molar-refractivity contribution in [2.24, 2.45) is 5.92 Å². The van der Waals surface area contributed by atoms with Crippen LogP contribution in [0, 0.1) is 5.92 Å². The predicted octanol–water partition coefficient (Wildman–Crippen LogP) is 0.551. The van der Waals surface area contributed by atoms with Crippen LogP contribution in [-0.2, 0) is 19.1 Å². The predicted molar refractivity (Wildman–Crippen MR) is 66.7 cm³/mol. The van der Waals surface area contributed by atoms with Gasteiger partial charge in [0.05, 0.1) is 19.8 Å². The van der Waals surface area contributed by atoms with Gasteiger partial charge in [-0.2, -0.15) is 0 Å². The van der Waals surface area contributed by atoms with Crippen molar-refractivity contribution in [3.8, 4) is 0 Å². The molecule has 0 aromatic carbocycles. The zero-order valence-electron chi connectivity index (χ0n) is 11.2. The molecule has 1 saturated heterocycles. The van der Waals surface area contributed by atoms with Crippen molar-refractivity contribution < 1.29 is 24.2 Å². The highest BCUT2D eigenvalue weighted by Gasteiger charge is 2.43. The third-order valence-corrected chi connectivity index (χ3v) is 4.01. The topological polar surface area (TPSA) is 84.9 Å². The molecule has 6 nitrogen and oxygen atoms in total. The quantitative estimate of drug-likeness (QED) is 0.783. The second-order valence-electron chi connectivity index (χ2n) is 5.49. The molecule has 1 amide bonds. The van der Waals surface area contributed by atoms with Gasteiger partial charge in [0.25, 0.3) is 5.91 Å². The van der Waals surface area contributed by atoms with E-state index in [0.717, 1.165) is 12.8 Å². The largest absolute Gasteiger partial charge is 0.480 e. The molecule has 6 heteroatoms. The Morgan fingerprint density at radius 3 is 2.47 bits per heavy atom. The summed E-state index contributed by atoms with van der Waals surface area (Å²) in [5.41, 5.74) is -1.13. The van der Waals surface area contributed by atoms with Gasteiger partial charge in [-0.25, -0.2) is 4.79 Å². The SMILES string of the molecule is CC1CCC(NC(=O)C2COCCO2)(C(=O)O)CC1. The minimum atomic E-state index is -1.13. The molecule has 1 unspecified atom stereocenters. The van der Waals surface area contributed by atoms with Crippen LogP contribution in [0.5, 0.6) is 0 Å². The first-order chi connectivity index (χ1) is 9.03. The first kappa shape index (κ1) is 14.3. The average molecular weight is 271 g/mol. The van der Waals surface area contributed by atoms with E-state index in [2.05, 4.69) is 12.2 Å². The molecule has 0 aromatic rings. The maximum atomic E-state index is 12.1. The lowest BCUT2D eigenvalue weighted by Gasteiger charge is -2.37. The van der Waals surface area contributed by atoms with Gasteiger partial charge in [-0.15, -0.1) is 0 Å². The molecule has 1 saturated carbocycles. The van der Waals surface area contributed by atoms with E-state index < -0.39 is 17.6 Å². The number of carbonyl (C=O) groups excluding carboxylic acids is 1. The van der Waals surface area contributed by atoms with Crippen molar-refractivity contribution in [2.45, 2.75) is 44.2 Å². The zero-order chi connectivity index (χ0) is 13.9. The Kier molecular flexibility index (Phi) is 4.42. The molecule has 0 bridgehead atoms. The van der Waals surface area contributed by atoms with Gasteiger partial charge in [0, 0.05) is 0 Å². The molecule has 0 radical (unpaired) electrons. The highest BCUT2D eigenvalue weighted by atomic mass is 16.6. The van der Waals surface area contributed by atoms with E-state index in [1.807, 2.05) is 0 Å². The third-order valence-electron chi connectivity index (χ3n) is 4.01. The van der Waals surface area contributed by atoms with Gasteiger partial charge in [0.2, 0.25) is 0 Å². The second kappa shape index (κ2) is 5.88. The van der Waals surface area contributed by atoms with Crippen molar-refractivity contribution in [3.05, 3.63) is 0 Å². The molecule has 2 fully saturated rings. The van der Waals surface area contributed by atoms with E-state index in [9.17, 15) is 14.7 Å². The van der Waals surface area contributed by atoms with E-state index in [0.29, 0.717) is 32.0 Å². The minimum absolute atomic E-state index is 0.192. The van der Waals surface area contributed by atoms with Crippen LogP contribution in [0.1, 0.15) is 32.6 Å². The van der Waals surface area contributed by atoms with Crippen LogP contribution in [-0.4, -0.2) is 48.4 Å². The van der Waals surface area contributed by atoms with Crippen LogP contribution in [0.25, 0.3) is 0 Å². The number of amides is 1. The molecule has 1 atom stereocenters. The number of carboxylic acid groups (broad SMARTS) is 1. The van der Waals surface area contributed by atoms with Crippen molar-refractivity contribution in [3.63, 3.8) is 0 Å². The van der Waals surface area contributed by atoms with Crippen molar-refractivity contribution >= 4 is 11.9 Å². The Morgan fingerprint density at radius 2 is 1.95 bits per heavy atom. The molecule has 19 heavy (non-hydrogen) atoms. The normalized spacial score (nSPS) is 35.6. The van der Waals surface area contributed by atoms with Crippen LogP contribution in [0.2, 0.25) is 0 Å². The standard InChI is InChI=1S/C13H21NO5/c1-9-2-4-13(5-3-9,12(16)17)14-11(15)10-8-18-6-7-19-10/h9-10H,2-8H2,1H3,(H,14,15)(H,16,17). The number of nitrogens with one attached hydrogen (secondary N) is 1. The van der Waals surface area contributed by atoms with Crippen LogP contribution < -0.4 is 5.32 Å². The van der Waals surface area contributed by atoms with E-state index in [-0.39, 0.29) is 12.5 Å². The van der Waals surface area contributed by atoms with Gasteiger partial charge in [-0.1, -0.05) is 6.92 Å². The Labute approximate surface area is 112 Å². The number of aliphatic carboxylic acids is 1. The fraction of sp³-hybridized carbons (Fsp3) is 0.846. The molecule has 108 valence electrons. The lowest BCUT2D eigenvalue weighted by atomic mass is 9.77. The molecule has 1 aliphatic carbocycles. The molecule has 2 aliphatic rings. The highest BCUT2D eigenvalue weighted by molar-refractivity contribution is 5.89. The molecule has 1 heterocycles. The maximum Gasteiger partial charge on any atom is 0.329 e. The van der Waals surface area contributed by atoms with Crippen LogP contribution in [0.15, 0.2) is 0 Å². The Morgan fingerprint density at radius 1 is 1.26 bits per heavy atom. The summed E-state index contributed by atoms with van der Waals surface area (Å²) in [7, 11) is 0. The van der Waals surface area contributed by atoms with Gasteiger partial charge < -0.3 is 19.9 Å². The number of carboxylic acids is 1. The van der Waals surface area contributed by atoms with Gasteiger partial charge >= 0.3 is 5.97 Å². The maximum absolute atomic E-state index is 12.1. The summed E-state index contributed by atoms with van der Waals surface area (Å²) in [5.74, 6) is -0.820. The third kappa shape index (κ3) is 3.25. The lowest BCUT2D eigenvalue weighted by Crippen LogP contribution is -2.59. The fourth-order valence-corrected chi connectivity index (χ4v) is 2.60. The van der Waals surface area contributed by atoms with Crippen molar-refractivity contribution in [1.29, 1.82) is 0 Å². The summed E-state index contributed by atoms with van der Waals surface area (Å²) in [6.45, 7) is 3.14. The summed E-state index contributed by atoms with van der Waals surface area (Å²) in [6, 6.07) is 0. The summed E-state index contributed by atoms with van der Waals surface area (Å²) in [4.78, 5) is 23.6. The second-order valence-corrected chi connectivity index (χ2v) is 5.49. The minimum Gasteiger partial charge on any atom is -0.480 e. The number of carbonyl (C=O) groups is 2. The van der Waals surface area contributed by atoms with Crippen LogP contribution >= 0.6 is 0 Å². The Bertz CT molecular complexity index is 343. The van der Waals surface area contributed by atoms with Crippen LogP contribution in [0.4, 0.5) is 0 Å². The monoisotopic (exact) mass is 271 g/mol. The summed E-state index contributed by atoms with van der Waals surface area (Å²) in [5, 5.41) is 12.1. The molecule has 0 spiro atoms. The summed E-state index contributed by atoms with van der Waals surface area (Å²) in [6.07, 6.45) is 1.89. The Hall–Kier alpha value is -1.14. The summed E-state index contributed by atoms with van der Waals surface area (Å²) < 4.78 is 10.5. The molecular weight excluding hydrogens is 250 g/mol. The zero-order valence-corrected chi connectivity index (χ0v) is 11.2. The van der Waals surface area contributed by atoms with Gasteiger partial charge in [-0.05, 0) is 31.6 Å². The first-order valence-corrected chi connectivity index (χ1v) is 6.78. The molecule has 2 N–H and O–H groups in total. The summed E-state index contributed by atoms with van der Waals surface area (Å²) >= 11 is 0. The van der Waals surface area contributed by atoms with E-state index in [4.69, 9.17) is 9.47 Å². The smallest absolute Gasteiger partial charge is 0.329 e. The van der Waals surface area contributed by atoms with Crippen molar-refractivity contribution in [2.75, 3.05) is 19.8 Å². The average Bonchev–Trinajstić information content (AvgIpc) is 2.42. The first-order valence-electron chi connectivity index (χ1n) is 6.78.